The summed E-state index contributed by atoms with van der Waals surface area (Å²) in [7, 11) is 0. The van der Waals surface area contributed by atoms with E-state index in [2.05, 4.69) is 5.32 Å². The zero-order chi connectivity index (χ0) is 14.3. The summed E-state index contributed by atoms with van der Waals surface area (Å²) in [6.45, 7) is 6.77. The van der Waals surface area contributed by atoms with Crippen molar-refractivity contribution in [1.29, 1.82) is 0 Å². The standard InChI is InChI=1S/C15H30N2O2/c1-12(2)17-15(3,14(16)18)10-6-7-11-19-13-8-4-5-9-13/h12-13,17H,4-11H2,1-3H3,(H2,16,18). The molecule has 0 aromatic carbocycles. The monoisotopic (exact) mass is 270 g/mol. The molecule has 0 spiro atoms. The molecule has 1 unspecified atom stereocenters. The zero-order valence-corrected chi connectivity index (χ0v) is 12.7. The lowest BCUT2D eigenvalue weighted by atomic mass is 9.93. The SMILES string of the molecule is CC(C)NC(C)(CCCCOC1CCCC1)C(N)=O. The second-order valence-corrected chi connectivity index (χ2v) is 6.23. The van der Waals surface area contributed by atoms with Crippen LogP contribution in [0.1, 0.15) is 65.7 Å². The van der Waals surface area contributed by atoms with Gasteiger partial charge in [-0.1, -0.05) is 12.8 Å². The van der Waals surface area contributed by atoms with Crippen LogP contribution in [0, 0.1) is 0 Å². The second kappa shape index (κ2) is 7.85. The first-order valence-electron chi connectivity index (χ1n) is 7.63. The van der Waals surface area contributed by atoms with Crippen molar-refractivity contribution in [2.45, 2.75) is 83.4 Å². The van der Waals surface area contributed by atoms with Crippen LogP contribution in [0.5, 0.6) is 0 Å². The van der Waals surface area contributed by atoms with Crippen LogP contribution in [0.15, 0.2) is 0 Å². The number of ether oxygens (including phenoxy) is 1. The van der Waals surface area contributed by atoms with Crippen molar-refractivity contribution in [3.8, 4) is 0 Å². The maximum atomic E-state index is 11.6. The van der Waals surface area contributed by atoms with Gasteiger partial charge in [-0.3, -0.25) is 4.79 Å². The predicted octanol–water partition coefficient (Wildman–Crippen LogP) is 2.36. The van der Waals surface area contributed by atoms with Crippen molar-refractivity contribution >= 4 is 5.91 Å². The summed E-state index contributed by atoms with van der Waals surface area (Å²) in [6.07, 6.45) is 8.27. The minimum atomic E-state index is -0.596. The molecule has 1 fully saturated rings. The predicted molar refractivity (Wildman–Crippen MR) is 77.9 cm³/mol. The molecule has 1 atom stereocenters. The van der Waals surface area contributed by atoms with Gasteiger partial charge in [0.25, 0.3) is 0 Å². The fourth-order valence-corrected chi connectivity index (χ4v) is 2.79. The molecule has 1 aliphatic rings. The molecule has 0 aromatic rings. The first-order valence-corrected chi connectivity index (χ1v) is 7.63. The highest BCUT2D eigenvalue weighted by Gasteiger charge is 2.30. The molecule has 0 heterocycles. The Morgan fingerprint density at radius 1 is 1.37 bits per heavy atom. The molecule has 19 heavy (non-hydrogen) atoms. The van der Waals surface area contributed by atoms with Crippen LogP contribution < -0.4 is 11.1 Å². The molecule has 1 rings (SSSR count). The van der Waals surface area contributed by atoms with Crippen molar-refractivity contribution in [2.75, 3.05) is 6.61 Å². The molecular weight excluding hydrogens is 240 g/mol. The van der Waals surface area contributed by atoms with Gasteiger partial charge in [-0.15, -0.1) is 0 Å². The number of nitrogens with one attached hydrogen (secondary N) is 1. The van der Waals surface area contributed by atoms with E-state index in [1.165, 1.54) is 25.7 Å². The van der Waals surface area contributed by atoms with E-state index < -0.39 is 5.54 Å². The molecule has 1 amide bonds. The third-order valence-corrected chi connectivity index (χ3v) is 3.88. The van der Waals surface area contributed by atoms with Gasteiger partial charge in [-0.2, -0.15) is 0 Å². The van der Waals surface area contributed by atoms with E-state index >= 15 is 0 Å². The minimum Gasteiger partial charge on any atom is -0.378 e. The molecule has 0 bridgehead atoms. The van der Waals surface area contributed by atoms with Gasteiger partial charge in [0.1, 0.15) is 0 Å². The Kier molecular flexibility index (Phi) is 6.80. The number of unbranched alkanes of at least 4 members (excludes halogenated alkanes) is 1. The third kappa shape index (κ3) is 5.91. The van der Waals surface area contributed by atoms with E-state index in [0.717, 1.165) is 25.9 Å². The summed E-state index contributed by atoms with van der Waals surface area (Å²) in [6, 6.07) is 0.257. The Labute approximate surface area is 117 Å². The fourth-order valence-electron chi connectivity index (χ4n) is 2.79. The Balaban J connectivity index is 2.18. The van der Waals surface area contributed by atoms with Gasteiger partial charge < -0.3 is 15.8 Å². The van der Waals surface area contributed by atoms with Crippen molar-refractivity contribution in [2.24, 2.45) is 5.73 Å². The lowest BCUT2D eigenvalue weighted by Crippen LogP contribution is -2.55. The Morgan fingerprint density at radius 2 is 2.00 bits per heavy atom. The summed E-state index contributed by atoms with van der Waals surface area (Å²) in [5.74, 6) is -0.266. The van der Waals surface area contributed by atoms with Gasteiger partial charge in [-0.25, -0.2) is 0 Å². The highest BCUT2D eigenvalue weighted by Crippen LogP contribution is 2.21. The van der Waals surface area contributed by atoms with Gasteiger partial charge in [0.05, 0.1) is 11.6 Å². The van der Waals surface area contributed by atoms with Crippen LogP contribution in [0.25, 0.3) is 0 Å². The van der Waals surface area contributed by atoms with Crippen molar-refractivity contribution in [1.82, 2.24) is 5.32 Å². The van der Waals surface area contributed by atoms with Gasteiger partial charge >= 0.3 is 0 Å². The molecule has 4 heteroatoms. The maximum Gasteiger partial charge on any atom is 0.237 e. The van der Waals surface area contributed by atoms with Crippen LogP contribution in [-0.2, 0) is 9.53 Å². The van der Waals surface area contributed by atoms with Crippen LogP contribution >= 0.6 is 0 Å². The van der Waals surface area contributed by atoms with Crippen molar-refractivity contribution < 1.29 is 9.53 Å². The smallest absolute Gasteiger partial charge is 0.237 e. The topological polar surface area (TPSA) is 64.3 Å². The molecule has 3 N–H and O–H groups in total. The van der Waals surface area contributed by atoms with E-state index in [0.29, 0.717) is 6.10 Å². The molecule has 1 aliphatic carbocycles. The summed E-state index contributed by atoms with van der Waals surface area (Å²) in [4.78, 5) is 11.6. The first kappa shape index (κ1) is 16.4. The lowest BCUT2D eigenvalue weighted by molar-refractivity contribution is -0.124. The van der Waals surface area contributed by atoms with Crippen molar-refractivity contribution in [3.05, 3.63) is 0 Å². The number of hydrogen-bond acceptors (Lipinski definition) is 3. The third-order valence-electron chi connectivity index (χ3n) is 3.88. The molecule has 0 aromatic heterocycles. The van der Waals surface area contributed by atoms with E-state index in [1.807, 2.05) is 20.8 Å². The van der Waals surface area contributed by atoms with E-state index in [1.54, 1.807) is 0 Å². The largest absolute Gasteiger partial charge is 0.378 e. The lowest BCUT2D eigenvalue weighted by Gasteiger charge is -2.30. The van der Waals surface area contributed by atoms with Gasteiger partial charge in [0, 0.05) is 12.6 Å². The number of amides is 1. The first-order chi connectivity index (χ1) is 8.94. The van der Waals surface area contributed by atoms with Crippen molar-refractivity contribution in [3.63, 3.8) is 0 Å². The molecule has 112 valence electrons. The van der Waals surface area contributed by atoms with E-state index in [9.17, 15) is 4.79 Å². The molecule has 0 saturated heterocycles. The Bertz CT molecular complexity index is 275. The summed E-state index contributed by atoms with van der Waals surface area (Å²) in [5, 5.41) is 3.27. The maximum absolute atomic E-state index is 11.6. The number of carbonyl (C=O) groups excluding carboxylic acids is 1. The summed E-state index contributed by atoms with van der Waals surface area (Å²) < 4.78 is 5.82. The normalized spacial score (nSPS) is 19.8. The number of primary amides is 1. The summed E-state index contributed by atoms with van der Waals surface area (Å²) in [5.41, 5.74) is 4.91. The number of nitrogens with two attached hydrogens (primary N) is 1. The highest BCUT2D eigenvalue weighted by atomic mass is 16.5. The average Bonchev–Trinajstić information content (AvgIpc) is 2.80. The number of carbonyl (C=O) groups is 1. The zero-order valence-electron chi connectivity index (χ0n) is 12.7. The molecule has 1 saturated carbocycles. The Hall–Kier alpha value is -0.610. The van der Waals surface area contributed by atoms with Crippen LogP contribution in [0.4, 0.5) is 0 Å². The van der Waals surface area contributed by atoms with E-state index in [-0.39, 0.29) is 11.9 Å². The number of hydrogen-bond donors (Lipinski definition) is 2. The van der Waals surface area contributed by atoms with E-state index in [4.69, 9.17) is 10.5 Å². The summed E-state index contributed by atoms with van der Waals surface area (Å²) >= 11 is 0. The minimum absolute atomic E-state index is 0.257. The van der Waals surface area contributed by atoms with Crippen LogP contribution in [-0.4, -0.2) is 30.2 Å². The van der Waals surface area contributed by atoms with Gasteiger partial charge in [-0.05, 0) is 52.9 Å². The average molecular weight is 270 g/mol. The molecule has 0 radical (unpaired) electrons. The fraction of sp³-hybridized carbons (Fsp3) is 0.933. The quantitative estimate of drug-likeness (QED) is 0.632. The Morgan fingerprint density at radius 3 is 2.53 bits per heavy atom. The van der Waals surface area contributed by atoms with Crippen LogP contribution in [0.2, 0.25) is 0 Å². The highest BCUT2D eigenvalue weighted by molar-refractivity contribution is 5.84. The molecule has 4 nitrogen and oxygen atoms in total. The molecular formula is C15H30N2O2. The number of rotatable bonds is 9. The van der Waals surface area contributed by atoms with Gasteiger partial charge in [0.2, 0.25) is 5.91 Å². The molecule has 0 aliphatic heterocycles. The van der Waals surface area contributed by atoms with Gasteiger partial charge in [0.15, 0.2) is 0 Å². The second-order valence-electron chi connectivity index (χ2n) is 6.23. The van der Waals surface area contributed by atoms with Crippen LogP contribution in [0.3, 0.4) is 0 Å².